The Labute approximate surface area is 418 Å². The van der Waals surface area contributed by atoms with Crippen LogP contribution in [0.3, 0.4) is 0 Å². The Balaban J connectivity index is 0.00000608. The number of fused-ring (bicyclic) bond motifs is 10. The molecular weight excluding hydrogens is 946 g/mol. The van der Waals surface area contributed by atoms with E-state index in [1.807, 2.05) is 103 Å². The number of nitrogens with zero attached hydrogens (tertiary/aromatic N) is 4. The Bertz CT molecular complexity index is 2890. The van der Waals surface area contributed by atoms with Crippen molar-refractivity contribution in [1.29, 1.82) is 0 Å². The maximum Gasteiger partial charge on any atom is 2.00 e. The van der Waals surface area contributed by atoms with Crippen molar-refractivity contribution in [2.75, 3.05) is 106 Å². The van der Waals surface area contributed by atoms with E-state index in [0.717, 1.165) is 44.6 Å². The van der Waals surface area contributed by atoms with Gasteiger partial charge < -0.3 is 62.4 Å². The van der Waals surface area contributed by atoms with E-state index >= 15 is 0 Å². The summed E-state index contributed by atoms with van der Waals surface area (Å²) in [5, 5.41) is 10.4. The van der Waals surface area contributed by atoms with Gasteiger partial charge in [-0.3, -0.25) is 0 Å². The Kier molecular flexibility index (Phi) is 16.7. The van der Waals surface area contributed by atoms with E-state index in [4.69, 9.17) is 67.3 Å². The fourth-order valence-electron chi connectivity index (χ4n) is 8.25. The van der Waals surface area contributed by atoms with Crippen molar-refractivity contribution >= 4 is 46.4 Å². The Morgan fingerprint density at radius 1 is 0.357 bits per heavy atom. The molecule has 3 aromatic heterocycles. The van der Waals surface area contributed by atoms with Crippen molar-refractivity contribution in [3.05, 3.63) is 114 Å². The van der Waals surface area contributed by atoms with E-state index in [-0.39, 0.29) is 25.2 Å². The molecule has 356 valence electrons. The number of aromatic hydroxyl groups is 1. The Hall–Kier alpha value is -6.36. The molecule has 0 fully saturated rings. The van der Waals surface area contributed by atoms with Gasteiger partial charge in [-0.15, -0.1) is 22.1 Å². The fraction of sp³-hybridized carbons (Fsp3) is 0.296. The SMILES string of the molecule is Oc1ccc(-c2c3nc(c(-c4ccc5c(c4)OCCOCCOCCOCCO5)c4ccc(cc5nc(c(-c6ccc7c(c6)OCCOCCOCCOCCO7)c6ccc2[n-]6)C=C5)[n-]4)C=C3)cc1.[Zn+2]. The van der Waals surface area contributed by atoms with Gasteiger partial charge in [-0.2, -0.15) is 0 Å². The molecule has 10 rings (SSSR count). The molecule has 0 spiro atoms. The van der Waals surface area contributed by atoms with Gasteiger partial charge in [0.05, 0.1) is 102 Å². The summed E-state index contributed by atoms with van der Waals surface area (Å²) in [6.07, 6.45) is 7.96. The zero-order valence-electron chi connectivity index (χ0n) is 38.8. The molecule has 8 bridgehead atoms. The molecule has 0 saturated carbocycles. The van der Waals surface area contributed by atoms with E-state index in [9.17, 15) is 5.11 Å². The second-order valence-corrected chi connectivity index (χ2v) is 16.1. The summed E-state index contributed by atoms with van der Waals surface area (Å²) in [7, 11) is 0. The number of benzene rings is 3. The molecule has 7 heterocycles. The third-order valence-electron chi connectivity index (χ3n) is 11.5. The van der Waals surface area contributed by atoms with Gasteiger partial charge in [-0.05, 0) is 94.1 Å². The average Bonchev–Trinajstić information content (AvgIpc) is 4.21. The minimum atomic E-state index is 0. The van der Waals surface area contributed by atoms with Gasteiger partial charge in [-0.1, -0.05) is 54.6 Å². The predicted molar refractivity (Wildman–Crippen MR) is 262 cm³/mol. The first-order valence-corrected chi connectivity index (χ1v) is 23.2. The van der Waals surface area contributed by atoms with Gasteiger partial charge in [0.1, 0.15) is 32.2 Å². The Morgan fingerprint density at radius 3 is 1.24 bits per heavy atom. The molecule has 1 N–H and O–H groups in total. The van der Waals surface area contributed by atoms with E-state index in [0.29, 0.717) is 162 Å². The zero-order valence-corrected chi connectivity index (χ0v) is 41.8. The summed E-state index contributed by atoms with van der Waals surface area (Å²) >= 11 is 0. The van der Waals surface area contributed by atoms with Crippen LogP contribution in [-0.2, 0) is 47.9 Å². The zero-order chi connectivity index (χ0) is 46.6. The van der Waals surface area contributed by atoms with Gasteiger partial charge in [0.25, 0.3) is 0 Å². The molecule has 0 aliphatic carbocycles. The monoisotopic (exact) mass is 996 g/mol. The topological polar surface area (TPSA) is 167 Å². The van der Waals surface area contributed by atoms with Crippen molar-refractivity contribution in [2.24, 2.45) is 0 Å². The number of hydrogen-bond acceptors (Lipinski definition) is 13. The van der Waals surface area contributed by atoms with Crippen molar-refractivity contribution in [3.8, 4) is 62.1 Å². The fourth-order valence-corrected chi connectivity index (χ4v) is 8.25. The van der Waals surface area contributed by atoms with Crippen LogP contribution in [0.2, 0.25) is 0 Å². The van der Waals surface area contributed by atoms with Crippen molar-refractivity contribution in [3.63, 3.8) is 0 Å². The van der Waals surface area contributed by atoms with E-state index in [2.05, 4.69) is 0 Å². The van der Waals surface area contributed by atoms with E-state index in [1.165, 1.54) is 0 Å². The summed E-state index contributed by atoms with van der Waals surface area (Å²) in [6, 6.07) is 28.7. The van der Waals surface area contributed by atoms with Crippen molar-refractivity contribution in [1.82, 2.24) is 19.9 Å². The molecule has 15 nitrogen and oxygen atoms in total. The third-order valence-corrected chi connectivity index (χ3v) is 11.5. The Morgan fingerprint density at radius 2 is 0.743 bits per heavy atom. The minimum Gasteiger partial charge on any atom is -0.657 e. The smallest absolute Gasteiger partial charge is 0.657 e. The van der Waals surface area contributed by atoms with Crippen LogP contribution in [-0.4, -0.2) is 121 Å². The first kappa shape index (κ1) is 48.7. The first-order valence-electron chi connectivity index (χ1n) is 23.2. The molecule has 0 atom stereocenters. The normalized spacial score (nSPS) is 16.5. The maximum absolute atomic E-state index is 10.4. The molecule has 0 amide bonds. The van der Waals surface area contributed by atoms with Crippen LogP contribution in [0.4, 0.5) is 0 Å². The minimum absolute atomic E-state index is 0. The molecule has 4 aliphatic heterocycles. The van der Waals surface area contributed by atoms with Crippen LogP contribution in [0, 0.1) is 0 Å². The number of rotatable bonds is 3. The van der Waals surface area contributed by atoms with Crippen LogP contribution in [0.5, 0.6) is 28.7 Å². The van der Waals surface area contributed by atoms with Crippen LogP contribution in [0.25, 0.3) is 79.8 Å². The quantitative estimate of drug-likeness (QED) is 0.168. The van der Waals surface area contributed by atoms with Gasteiger partial charge in [0.15, 0.2) is 23.0 Å². The average molecular weight is 998 g/mol. The van der Waals surface area contributed by atoms with Crippen LogP contribution < -0.4 is 28.9 Å². The predicted octanol–water partition coefficient (Wildman–Crippen LogP) is 8.26. The molecule has 0 radical (unpaired) electrons. The third kappa shape index (κ3) is 12.0. The molecule has 6 aromatic rings. The summed E-state index contributed by atoms with van der Waals surface area (Å²) in [5.74, 6) is 2.42. The molecular formula is C54H52N4O11Zn. The van der Waals surface area contributed by atoms with Crippen LogP contribution >= 0.6 is 0 Å². The molecule has 3 aromatic carbocycles. The summed E-state index contributed by atoms with van der Waals surface area (Å²) in [6.45, 7) is 6.60. The molecule has 0 unspecified atom stereocenters. The number of aromatic nitrogens is 4. The number of ether oxygens (including phenoxy) is 10. The molecule has 0 saturated heterocycles. The van der Waals surface area contributed by atoms with Crippen LogP contribution in [0.15, 0.2) is 91.0 Å². The van der Waals surface area contributed by atoms with Crippen LogP contribution in [0.1, 0.15) is 22.8 Å². The second-order valence-electron chi connectivity index (χ2n) is 16.1. The second kappa shape index (κ2) is 24.0. The number of hydrogen-bond donors (Lipinski definition) is 1. The van der Waals surface area contributed by atoms with Gasteiger partial charge in [0, 0.05) is 0 Å². The summed E-state index contributed by atoms with van der Waals surface area (Å²) < 4.78 is 59.1. The van der Waals surface area contributed by atoms with E-state index in [1.54, 1.807) is 12.1 Å². The van der Waals surface area contributed by atoms with Crippen molar-refractivity contribution in [2.45, 2.75) is 0 Å². The van der Waals surface area contributed by atoms with Gasteiger partial charge in [-0.25, -0.2) is 9.97 Å². The first-order chi connectivity index (χ1) is 34.1. The molecule has 70 heavy (non-hydrogen) atoms. The summed E-state index contributed by atoms with van der Waals surface area (Å²) in [4.78, 5) is 21.0. The molecule has 4 aliphatic rings. The standard InChI is InChI=1S/C54H52N4O11.Zn/c59-41-7-1-36(2-8-41)52-44-11-13-46(57-44)53(37-3-15-48-50(33-37)68-31-27-64-23-19-60-17-21-62-25-29-66-48)42-9-5-39(55-42)35-40-6-10-43(56-40)54(47-14-12-45(52)58-47)38-4-16-49-51(34-38)69-32-28-65-24-20-61-18-22-63-26-30-67-49;/h1-16,33-35H,17-32H2,(H-2,55,56,57,58,59);/q-2;+2. The maximum atomic E-state index is 10.4. The largest absolute Gasteiger partial charge is 2.00 e. The van der Waals surface area contributed by atoms with Gasteiger partial charge >= 0.3 is 19.5 Å². The number of phenols is 1. The molecule has 16 heteroatoms. The number of phenolic OH excluding ortho intramolecular Hbond substituents is 1. The van der Waals surface area contributed by atoms with E-state index < -0.39 is 0 Å². The van der Waals surface area contributed by atoms with Gasteiger partial charge in [0.2, 0.25) is 0 Å². The summed E-state index contributed by atoms with van der Waals surface area (Å²) in [5.41, 5.74) is 10.4. The van der Waals surface area contributed by atoms with Crippen molar-refractivity contribution < 1.29 is 72.0 Å².